The van der Waals surface area contributed by atoms with E-state index in [-0.39, 0.29) is 16.6 Å². The monoisotopic (exact) mass is 336 g/mol. The van der Waals surface area contributed by atoms with Crippen LogP contribution in [0, 0.1) is 5.41 Å². The third-order valence-electron chi connectivity index (χ3n) is 2.96. The number of halogens is 1. The predicted molar refractivity (Wildman–Crippen MR) is 86.3 cm³/mol. The number of benzene rings is 1. The second kappa shape index (κ2) is 5.63. The molecular weight excluding hydrogens is 328 g/mol. The summed E-state index contributed by atoms with van der Waals surface area (Å²) in [7, 11) is 0. The van der Waals surface area contributed by atoms with Gasteiger partial charge in [0.05, 0.1) is 9.95 Å². The predicted octanol–water partition coefficient (Wildman–Crippen LogP) is 3.92. The van der Waals surface area contributed by atoms with E-state index in [1.165, 1.54) is 17.4 Å². The maximum Gasteiger partial charge on any atom is 0.186 e. The normalized spacial score (nSPS) is 20.4. The summed E-state index contributed by atoms with van der Waals surface area (Å²) in [5, 5.41) is 20.9. The largest absolute Gasteiger partial charge is 0.507 e. The van der Waals surface area contributed by atoms with Gasteiger partial charge in [0.15, 0.2) is 5.78 Å². The Hall–Kier alpha value is -1.63. The smallest absolute Gasteiger partial charge is 0.186 e. The van der Waals surface area contributed by atoms with Gasteiger partial charge in [-0.15, -0.1) is 11.3 Å². The topological polar surface area (TPSA) is 74.0 Å². The van der Waals surface area contributed by atoms with Crippen molar-refractivity contribution in [1.29, 1.82) is 5.41 Å². The second-order valence-electron chi connectivity index (χ2n) is 4.35. The highest BCUT2D eigenvalue weighted by Gasteiger charge is 2.38. The minimum Gasteiger partial charge on any atom is -0.507 e. The van der Waals surface area contributed by atoms with Gasteiger partial charge >= 0.3 is 0 Å². The molecule has 0 amide bonds. The number of rotatable bonds is 2. The molecule has 1 atom stereocenters. The quantitative estimate of drug-likeness (QED) is 0.815. The zero-order valence-corrected chi connectivity index (χ0v) is 12.9. The molecule has 1 saturated heterocycles. The lowest BCUT2D eigenvalue weighted by atomic mass is 10.0. The van der Waals surface area contributed by atoms with Gasteiger partial charge in [-0.3, -0.25) is 10.2 Å². The molecule has 7 heteroatoms. The number of ketones is 1. The number of phenols is 1. The van der Waals surface area contributed by atoms with E-state index in [0.29, 0.717) is 20.5 Å². The second-order valence-corrected chi connectivity index (χ2v) is 6.79. The standard InChI is InChI=1S/C14H9ClN2O2S2/c15-8-1-2-9(18)7(5-8)6-10-12(19)11(13(16)21-10)14-17-3-4-20-14/h1-6,11,16,18H/b10-6-,16-13?/t11-/m0/s1. The Morgan fingerprint density at radius 1 is 1.43 bits per heavy atom. The number of aromatic hydroxyl groups is 1. The number of aromatic nitrogens is 1. The number of nitrogens with zero attached hydrogens (tertiary/aromatic N) is 1. The number of hydrogen-bond acceptors (Lipinski definition) is 6. The number of carbonyl (C=O) groups excluding carboxylic acids is 1. The number of nitrogens with one attached hydrogen (secondary N) is 1. The van der Waals surface area contributed by atoms with Gasteiger partial charge in [-0.1, -0.05) is 23.4 Å². The van der Waals surface area contributed by atoms with Gasteiger partial charge in [-0.05, 0) is 24.3 Å². The third-order valence-corrected chi connectivity index (χ3v) is 5.03. The molecule has 1 aromatic carbocycles. The van der Waals surface area contributed by atoms with E-state index in [4.69, 9.17) is 17.0 Å². The number of phenolic OH excluding ortho intramolecular Hbond substituents is 1. The summed E-state index contributed by atoms with van der Waals surface area (Å²) >= 11 is 8.35. The first kappa shape index (κ1) is 14.3. The molecule has 0 unspecified atom stereocenters. The van der Waals surface area contributed by atoms with Crippen molar-refractivity contribution in [2.24, 2.45) is 0 Å². The summed E-state index contributed by atoms with van der Waals surface area (Å²) in [5.41, 5.74) is 0.464. The van der Waals surface area contributed by atoms with Gasteiger partial charge in [0.1, 0.15) is 16.7 Å². The minimum absolute atomic E-state index is 0.0459. The Balaban J connectivity index is 1.97. The van der Waals surface area contributed by atoms with Crippen molar-refractivity contribution >= 4 is 51.6 Å². The van der Waals surface area contributed by atoms with Crippen LogP contribution in [0.15, 0.2) is 34.7 Å². The van der Waals surface area contributed by atoms with Crippen molar-refractivity contribution in [2.75, 3.05) is 0 Å². The van der Waals surface area contributed by atoms with E-state index >= 15 is 0 Å². The van der Waals surface area contributed by atoms with E-state index < -0.39 is 5.92 Å². The van der Waals surface area contributed by atoms with Gasteiger partial charge in [0, 0.05) is 22.2 Å². The van der Waals surface area contributed by atoms with E-state index in [1.807, 2.05) is 0 Å². The lowest BCUT2D eigenvalue weighted by Gasteiger charge is -2.02. The average Bonchev–Trinajstić information content (AvgIpc) is 3.03. The average molecular weight is 337 g/mol. The fraction of sp³-hybridized carbons (Fsp3) is 0.0714. The lowest BCUT2D eigenvalue weighted by Crippen LogP contribution is -2.11. The van der Waals surface area contributed by atoms with Crippen LogP contribution in [0.2, 0.25) is 5.02 Å². The van der Waals surface area contributed by atoms with Gasteiger partial charge in [-0.25, -0.2) is 4.98 Å². The van der Waals surface area contributed by atoms with E-state index in [0.717, 1.165) is 11.8 Å². The van der Waals surface area contributed by atoms with Gasteiger partial charge < -0.3 is 5.11 Å². The molecule has 0 aliphatic carbocycles. The molecule has 1 aliphatic rings. The van der Waals surface area contributed by atoms with Crippen molar-refractivity contribution in [1.82, 2.24) is 4.98 Å². The van der Waals surface area contributed by atoms with Crippen LogP contribution in [-0.2, 0) is 4.79 Å². The summed E-state index contributed by atoms with van der Waals surface area (Å²) < 4.78 is 0. The van der Waals surface area contributed by atoms with E-state index in [2.05, 4.69) is 4.98 Å². The van der Waals surface area contributed by atoms with Crippen LogP contribution in [0.5, 0.6) is 5.75 Å². The number of carbonyl (C=O) groups is 1. The summed E-state index contributed by atoms with van der Waals surface area (Å²) in [5.74, 6) is -0.744. The van der Waals surface area contributed by atoms with Gasteiger partial charge in [0.2, 0.25) is 0 Å². The zero-order valence-electron chi connectivity index (χ0n) is 10.5. The molecule has 2 aromatic rings. The van der Waals surface area contributed by atoms with Crippen molar-refractivity contribution in [3.8, 4) is 5.75 Å². The highest BCUT2D eigenvalue weighted by Crippen LogP contribution is 2.41. The molecule has 106 valence electrons. The Morgan fingerprint density at radius 3 is 2.95 bits per heavy atom. The van der Waals surface area contributed by atoms with Crippen LogP contribution in [0.25, 0.3) is 6.08 Å². The molecule has 0 bridgehead atoms. The minimum atomic E-state index is -0.623. The molecule has 1 aliphatic heterocycles. The van der Waals surface area contributed by atoms with E-state index in [1.54, 1.807) is 29.8 Å². The van der Waals surface area contributed by atoms with Gasteiger partial charge in [0.25, 0.3) is 0 Å². The number of Topliss-reactive ketones (excluding diaryl/α,β-unsaturated/α-hetero) is 1. The summed E-state index contributed by atoms with van der Waals surface area (Å²) in [4.78, 5) is 17.0. The molecule has 2 N–H and O–H groups in total. The summed E-state index contributed by atoms with van der Waals surface area (Å²) in [6.07, 6.45) is 3.19. The maximum atomic E-state index is 12.4. The highest BCUT2D eigenvalue weighted by atomic mass is 35.5. The molecule has 0 radical (unpaired) electrons. The first-order chi connectivity index (χ1) is 10.1. The van der Waals surface area contributed by atoms with Gasteiger partial charge in [-0.2, -0.15) is 0 Å². The molecule has 21 heavy (non-hydrogen) atoms. The molecule has 1 aromatic heterocycles. The highest BCUT2D eigenvalue weighted by molar-refractivity contribution is 8.19. The third kappa shape index (κ3) is 2.74. The number of hydrogen-bond donors (Lipinski definition) is 2. The fourth-order valence-corrected chi connectivity index (χ4v) is 3.95. The number of thioether (sulfide) groups is 1. The Labute approximate surface area is 134 Å². The SMILES string of the molecule is N=C1S/C(=C\c2cc(Cl)ccc2O)C(=O)[C@@H]1c1nccs1. The Bertz CT molecular complexity index is 756. The molecule has 3 rings (SSSR count). The molecular formula is C14H9ClN2O2S2. The van der Waals surface area contributed by atoms with Crippen LogP contribution in [0.1, 0.15) is 16.5 Å². The van der Waals surface area contributed by atoms with Crippen molar-refractivity contribution in [3.05, 3.63) is 50.3 Å². The Morgan fingerprint density at radius 2 is 2.24 bits per heavy atom. The van der Waals surface area contributed by atoms with E-state index in [9.17, 15) is 9.90 Å². The maximum absolute atomic E-state index is 12.4. The summed E-state index contributed by atoms with van der Waals surface area (Å²) in [6, 6.07) is 4.63. The summed E-state index contributed by atoms with van der Waals surface area (Å²) in [6.45, 7) is 0. The number of thiazole rings is 1. The van der Waals surface area contributed by atoms with Crippen LogP contribution in [0.3, 0.4) is 0 Å². The first-order valence-corrected chi connectivity index (χ1v) is 8.04. The van der Waals surface area contributed by atoms with Crippen molar-refractivity contribution in [3.63, 3.8) is 0 Å². The van der Waals surface area contributed by atoms with Crippen LogP contribution < -0.4 is 0 Å². The fourth-order valence-electron chi connectivity index (χ4n) is 1.97. The zero-order chi connectivity index (χ0) is 15.0. The molecule has 4 nitrogen and oxygen atoms in total. The first-order valence-electron chi connectivity index (χ1n) is 5.96. The molecule has 0 spiro atoms. The lowest BCUT2D eigenvalue weighted by molar-refractivity contribution is -0.114. The van der Waals surface area contributed by atoms with Crippen molar-refractivity contribution in [2.45, 2.75) is 5.92 Å². The Kier molecular flexibility index (Phi) is 3.84. The van der Waals surface area contributed by atoms with Crippen LogP contribution >= 0.6 is 34.7 Å². The number of allylic oxidation sites excluding steroid dienone is 1. The molecule has 1 fully saturated rings. The van der Waals surface area contributed by atoms with Crippen molar-refractivity contribution < 1.29 is 9.90 Å². The molecule has 2 heterocycles. The van der Waals surface area contributed by atoms with Crippen LogP contribution in [0.4, 0.5) is 0 Å². The van der Waals surface area contributed by atoms with Crippen LogP contribution in [-0.4, -0.2) is 20.9 Å². The molecule has 0 saturated carbocycles.